The average molecular weight is 372 g/mol. The van der Waals surface area contributed by atoms with E-state index in [1.807, 2.05) is 32.0 Å². The van der Waals surface area contributed by atoms with Gasteiger partial charge in [-0.1, -0.05) is 37.3 Å². The predicted molar refractivity (Wildman–Crippen MR) is 98.3 cm³/mol. The van der Waals surface area contributed by atoms with Gasteiger partial charge in [0.1, 0.15) is 11.4 Å². The van der Waals surface area contributed by atoms with E-state index in [0.717, 1.165) is 6.26 Å². The zero-order valence-electron chi connectivity index (χ0n) is 14.9. The molecule has 2 aromatic carbocycles. The molecule has 6 heteroatoms. The molecule has 26 heavy (non-hydrogen) atoms. The quantitative estimate of drug-likeness (QED) is 0.750. The van der Waals surface area contributed by atoms with E-state index in [1.54, 1.807) is 24.3 Å². The summed E-state index contributed by atoms with van der Waals surface area (Å²) in [6.45, 7) is 3.75. The summed E-state index contributed by atoms with van der Waals surface area (Å²) >= 11 is 0. The molecule has 0 saturated carbocycles. The molecule has 0 fully saturated rings. The van der Waals surface area contributed by atoms with E-state index in [0.29, 0.717) is 23.3 Å². The highest BCUT2D eigenvalue weighted by Gasteiger charge is 2.45. The smallest absolute Gasteiger partial charge is 0.375 e. The summed E-state index contributed by atoms with van der Waals surface area (Å²) in [5.74, 6) is 0.137. The number of ether oxygens (including phenoxy) is 2. The Labute approximate surface area is 153 Å². The van der Waals surface area contributed by atoms with Crippen molar-refractivity contribution in [1.29, 1.82) is 0 Å². The highest BCUT2D eigenvalue weighted by Crippen LogP contribution is 2.42. The highest BCUT2D eigenvalue weighted by molar-refractivity contribution is 7.90. The first-order valence-electron chi connectivity index (χ1n) is 8.26. The van der Waals surface area contributed by atoms with Gasteiger partial charge in [0.2, 0.25) is 5.76 Å². The summed E-state index contributed by atoms with van der Waals surface area (Å²) < 4.78 is 34.8. The number of carbonyl (C=O) groups is 1. The summed E-state index contributed by atoms with van der Waals surface area (Å²) in [6.07, 6.45) is 1.72. The minimum atomic E-state index is -3.30. The van der Waals surface area contributed by atoms with Gasteiger partial charge in [-0.15, -0.1) is 0 Å². The third-order valence-electron chi connectivity index (χ3n) is 4.47. The Bertz CT molecular complexity index is 959. The third kappa shape index (κ3) is 3.37. The molecule has 0 aromatic heterocycles. The van der Waals surface area contributed by atoms with Gasteiger partial charge in [0, 0.05) is 6.26 Å². The predicted octanol–water partition coefficient (Wildman–Crippen LogP) is 3.61. The Balaban J connectivity index is 2.11. The maximum Gasteiger partial charge on any atom is 0.375 e. The van der Waals surface area contributed by atoms with Gasteiger partial charge in [-0.3, -0.25) is 0 Å². The van der Waals surface area contributed by atoms with E-state index in [-0.39, 0.29) is 10.7 Å². The van der Waals surface area contributed by atoms with Crippen LogP contribution in [0.3, 0.4) is 0 Å². The fraction of sp³-hybridized carbons (Fsp3) is 0.250. The van der Waals surface area contributed by atoms with Crippen LogP contribution < -0.4 is 4.74 Å². The molecule has 5 nitrogen and oxygen atoms in total. The number of esters is 1. The van der Waals surface area contributed by atoms with Crippen molar-refractivity contribution in [1.82, 2.24) is 0 Å². The van der Waals surface area contributed by atoms with Crippen molar-refractivity contribution in [2.45, 2.75) is 30.8 Å². The number of cyclic esters (lactones) is 1. The van der Waals surface area contributed by atoms with Crippen LogP contribution in [0, 0.1) is 0 Å². The first kappa shape index (κ1) is 18.2. The van der Waals surface area contributed by atoms with Gasteiger partial charge in [0.25, 0.3) is 0 Å². The highest BCUT2D eigenvalue weighted by atomic mass is 32.2. The van der Waals surface area contributed by atoms with Crippen LogP contribution in [0.15, 0.2) is 65.3 Å². The topological polar surface area (TPSA) is 69.7 Å². The fourth-order valence-electron chi connectivity index (χ4n) is 2.90. The first-order valence-corrected chi connectivity index (χ1v) is 10.2. The SMILES string of the molecule is CC[C@@]1(C)OC(=O)C(Oc2ccccc2)=C1c1ccc(S(C)(=O)=O)cc1. The lowest BCUT2D eigenvalue weighted by molar-refractivity contribution is -0.147. The van der Waals surface area contributed by atoms with Crippen LogP contribution in [0.4, 0.5) is 0 Å². The first-order chi connectivity index (χ1) is 12.2. The molecule has 0 bridgehead atoms. The monoisotopic (exact) mass is 372 g/mol. The summed E-state index contributed by atoms with van der Waals surface area (Å²) in [5.41, 5.74) is 0.473. The molecule has 3 rings (SSSR count). The number of carbonyl (C=O) groups excluding carboxylic acids is 1. The van der Waals surface area contributed by atoms with E-state index in [4.69, 9.17) is 9.47 Å². The Morgan fingerprint density at radius 2 is 1.65 bits per heavy atom. The van der Waals surface area contributed by atoms with Crippen LogP contribution in [0.1, 0.15) is 25.8 Å². The maximum atomic E-state index is 12.5. The van der Waals surface area contributed by atoms with Crippen LogP contribution in [0.2, 0.25) is 0 Å². The fourth-order valence-corrected chi connectivity index (χ4v) is 3.53. The normalized spacial score (nSPS) is 20.2. The molecule has 0 aliphatic carbocycles. The van der Waals surface area contributed by atoms with Crippen LogP contribution in [0.25, 0.3) is 5.57 Å². The summed E-state index contributed by atoms with van der Waals surface area (Å²) in [6, 6.07) is 15.4. The molecule has 136 valence electrons. The Morgan fingerprint density at radius 3 is 2.19 bits per heavy atom. The lowest BCUT2D eigenvalue weighted by Gasteiger charge is -2.24. The Kier molecular flexibility index (Phi) is 4.63. The Hall–Kier alpha value is -2.60. The maximum absolute atomic E-state index is 12.5. The zero-order chi connectivity index (χ0) is 18.9. The van der Waals surface area contributed by atoms with Gasteiger partial charge in [0.05, 0.1) is 10.5 Å². The number of hydrogen-bond acceptors (Lipinski definition) is 5. The van der Waals surface area contributed by atoms with E-state index >= 15 is 0 Å². The van der Waals surface area contributed by atoms with Crippen molar-refractivity contribution in [2.24, 2.45) is 0 Å². The molecule has 0 unspecified atom stereocenters. The molecular weight excluding hydrogens is 352 g/mol. The minimum absolute atomic E-state index is 0.132. The number of benzene rings is 2. The summed E-state index contributed by atoms with van der Waals surface area (Å²) in [5, 5.41) is 0. The Morgan fingerprint density at radius 1 is 1.04 bits per heavy atom. The molecule has 0 N–H and O–H groups in total. The van der Waals surface area contributed by atoms with Gasteiger partial charge >= 0.3 is 5.97 Å². The summed E-state index contributed by atoms with van der Waals surface area (Å²) in [4.78, 5) is 12.7. The molecule has 1 heterocycles. The second-order valence-electron chi connectivity index (χ2n) is 6.39. The molecule has 0 spiro atoms. The van der Waals surface area contributed by atoms with Crippen molar-refractivity contribution in [3.05, 3.63) is 65.9 Å². The zero-order valence-corrected chi connectivity index (χ0v) is 15.7. The molecule has 2 aromatic rings. The van der Waals surface area contributed by atoms with E-state index in [9.17, 15) is 13.2 Å². The van der Waals surface area contributed by atoms with Gasteiger partial charge < -0.3 is 9.47 Å². The minimum Gasteiger partial charge on any atom is -0.449 e. The second kappa shape index (κ2) is 6.61. The van der Waals surface area contributed by atoms with Crippen LogP contribution in [0.5, 0.6) is 5.75 Å². The van der Waals surface area contributed by atoms with Crippen LogP contribution in [-0.4, -0.2) is 26.2 Å². The van der Waals surface area contributed by atoms with Crippen molar-refractivity contribution >= 4 is 21.4 Å². The number of para-hydroxylation sites is 1. The average Bonchev–Trinajstić information content (AvgIpc) is 2.86. The van der Waals surface area contributed by atoms with Crippen LogP contribution >= 0.6 is 0 Å². The number of rotatable bonds is 5. The van der Waals surface area contributed by atoms with Crippen LogP contribution in [-0.2, 0) is 19.4 Å². The molecule has 1 atom stereocenters. The molecule has 1 aliphatic rings. The molecular formula is C20H20O5S. The van der Waals surface area contributed by atoms with Crippen molar-refractivity contribution in [2.75, 3.05) is 6.26 Å². The number of sulfone groups is 1. The van der Waals surface area contributed by atoms with Gasteiger partial charge in [-0.05, 0) is 43.2 Å². The molecule has 0 radical (unpaired) electrons. The standard InChI is InChI=1S/C20H20O5S/c1-4-20(2)17(14-10-12-16(13-11-14)26(3,22)23)18(19(21)25-20)24-15-8-6-5-7-9-15/h5-13H,4H2,1-3H3/t20-/m1/s1. The molecule has 0 amide bonds. The van der Waals surface area contributed by atoms with Crippen molar-refractivity contribution in [3.63, 3.8) is 0 Å². The van der Waals surface area contributed by atoms with Gasteiger partial charge in [0.15, 0.2) is 9.84 Å². The van der Waals surface area contributed by atoms with E-state index in [2.05, 4.69) is 0 Å². The van der Waals surface area contributed by atoms with E-state index < -0.39 is 21.4 Å². The van der Waals surface area contributed by atoms with Gasteiger partial charge in [-0.2, -0.15) is 0 Å². The number of hydrogen-bond donors (Lipinski definition) is 0. The lowest BCUT2D eigenvalue weighted by atomic mass is 9.88. The second-order valence-corrected chi connectivity index (χ2v) is 8.41. The van der Waals surface area contributed by atoms with Crippen molar-refractivity contribution in [3.8, 4) is 5.75 Å². The molecule has 0 saturated heterocycles. The van der Waals surface area contributed by atoms with Crippen molar-refractivity contribution < 1.29 is 22.7 Å². The third-order valence-corrected chi connectivity index (χ3v) is 5.60. The molecule has 1 aliphatic heterocycles. The summed E-state index contributed by atoms with van der Waals surface area (Å²) in [7, 11) is -3.30. The largest absolute Gasteiger partial charge is 0.449 e. The van der Waals surface area contributed by atoms with Gasteiger partial charge in [-0.25, -0.2) is 13.2 Å². The lowest BCUT2D eigenvalue weighted by Crippen LogP contribution is -2.26. The van der Waals surface area contributed by atoms with E-state index in [1.165, 1.54) is 12.1 Å².